The molecule has 1 saturated heterocycles. The third-order valence-corrected chi connectivity index (χ3v) is 4.59. The minimum Gasteiger partial charge on any atom is -0.493 e. The molecule has 2 atom stereocenters. The smallest absolute Gasteiger partial charge is 0.223 e. The van der Waals surface area contributed by atoms with E-state index in [1.807, 2.05) is 11.8 Å². The van der Waals surface area contributed by atoms with Gasteiger partial charge in [0.2, 0.25) is 5.91 Å². The van der Waals surface area contributed by atoms with E-state index in [2.05, 4.69) is 0 Å². The van der Waals surface area contributed by atoms with Crippen LogP contribution in [0.2, 0.25) is 0 Å². The zero-order valence-electron chi connectivity index (χ0n) is 15.0. The highest BCUT2D eigenvalue weighted by atomic mass is 35.5. The summed E-state index contributed by atoms with van der Waals surface area (Å²) in [6, 6.07) is 5.23. The summed E-state index contributed by atoms with van der Waals surface area (Å²) in [5.74, 6) is 1.39. The number of ketones is 1. The van der Waals surface area contributed by atoms with Gasteiger partial charge in [-0.05, 0) is 44.0 Å². The van der Waals surface area contributed by atoms with Crippen molar-refractivity contribution in [3.63, 3.8) is 0 Å². The van der Waals surface area contributed by atoms with Gasteiger partial charge in [-0.1, -0.05) is 0 Å². The lowest BCUT2D eigenvalue weighted by Crippen LogP contribution is -2.34. The maximum absolute atomic E-state index is 12.4. The number of hydrogen-bond donors (Lipinski definition) is 1. The third-order valence-electron chi connectivity index (χ3n) is 4.59. The maximum atomic E-state index is 12.4. The number of likely N-dealkylation sites (tertiary alicyclic amines) is 1. The first kappa shape index (κ1) is 21.3. The van der Waals surface area contributed by atoms with Crippen LogP contribution in [0.4, 0.5) is 0 Å². The van der Waals surface area contributed by atoms with E-state index < -0.39 is 0 Å². The number of carbonyl (C=O) groups excluding carboxylic acids is 2. The van der Waals surface area contributed by atoms with Crippen LogP contribution in [0.5, 0.6) is 11.5 Å². The van der Waals surface area contributed by atoms with E-state index in [0.29, 0.717) is 36.1 Å². The molecule has 1 amide bonds. The van der Waals surface area contributed by atoms with Crippen LogP contribution in [0, 0.1) is 5.92 Å². The molecule has 1 aliphatic heterocycles. The fourth-order valence-electron chi connectivity index (χ4n) is 3.18. The number of halogens is 1. The van der Waals surface area contributed by atoms with Crippen molar-refractivity contribution in [1.82, 2.24) is 4.90 Å². The van der Waals surface area contributed by atoms with Crippen LogP contribution < -0.4 is 15.2 Å². The number of nitrogens with zero attached hydrogens (tertiary/aromatic N) is 1. The first-order valence-corrected chi connectivity index (χ1v) is 8.24. The minimum absolute atomic E-state index is 0. The molecule has 0 radical (unpaired) electrons. The largest absolute Gasteiger partial charge is 0.493 e. The number of rotatable bonds is 7. The third kappa shape index (κ3) is 5.09. The normalized spacial score (nSPS) is 19.3. The standard InChI is InChI=1S/C18H26N2O4.ClH/c1-12-8-13(10-19)11-20(12)18(22)7-5-15(21)14-4-6-16(23-2)17(9-14)24-3;/h4,6,9,12-13H,5,7-8,10-11,19H2,1-3H3;1H. The fraction of sp³-hybridized carbons (Fsp3) is 0.556. The maximum Gasteiger partial charge on any atom is 0.223 e. The van der Waals surface area contributed by atoms with Gasteiger partial charge in [-0.3, -0.25) is 9.59 Å². The Bertz CT molecular complexity index is 609. The van der Waals surface area contributed by atoms with Crippen LogP contribution in [0.25, 0.3) is 0 Å². The molecule has 0 aliphatic carbocycles. The van der Waals surface area contributed by atoms with Gasteiger partial charge in [-0.15, -0.1) is 12.4 Å². The molecule has 0 saturated carbocycles. The first-order chi connectivity index (χ1) is 11.5. The molecule has 1 aliphatic rings. The van der Waals surface area contributed by atoms with Gasteiger partial charge in [0.25, 0.3) is 0 Å². The lowest BCUT2D eigenvalue weighted by Gasteiger charge is -2.21. The molecule has 2 N–H and O–H groups in total. The van der Waals surface area contributed by atoms with Gasteiger partial charge in [0.15, 0.2) is 17.3 Å². The van der Waals surface area contributed by atoms with Crippen molar-refractivity contribution in [1.29, 1.82) is 0 Å². The van der Waals surface area contributed by atoms with Gasteiger partial charge in [0.1, 0.15) is 0 Å². The Morgan fingerprint density at radius 1 is 1.20 bits per heavy atom. The molecule has 6 nitrogen and oxygen atoms in total. The molecular weight excluding hydrogens is 344 g/mol. The van der Waals surface area contributed by atoms with Crippen molar-refractivity contribution in [3.8, 4) is 11.5 Å². The zero-order chi connectivity index (χ0) is 17.7. The van der Waals surface area contributed by atoms with Gasteiger partial charge in [0.05, 0.1) is 14.2 Å². The van der Waals surface area contributed by atoms with Crippen molar-refractivity contribution in [2.75, 3.05) is 27.3 Å². The molecule has 7 heteroatoms. The zero-order valence-corrected chi connectivity index (χ0v) is 15.8. The van der Waals surface area contributed by atoms with Crippen LogP contribution in [0.3, 0.4) is 0 Å². The van der Waals surface area contributed by atoms with Crippen LogP contribution in [0.15, 0.2) is 18.2 Å². The molecule has 0 spiro atoms. The summed E-state index contributed by atoms with van der Waals surface area (Å²) in [6.45, 7) is 3.32. The monoisotopic (exact) mass is 370 g/mol. The summed E-state index contributed by atoms with van der Waals surface area (Å²) in [5.41, 5.74) is 6.22. The number of methoxy groups -OCH3 is 2. The van der Waals surface area contributed by atoms with Crippen molar-refractivity contribution in [3.05, 3.63) is 23.8 Å². The molecule has 0 bridgehead atoms. The first-order valence-electron chi connectivity index (χ1n) is 8.24. The summed E-state index contributed by atoms with van der Waals surface area (Å²) >= 11 is 0. The lowest BCUT2D eigenvalue weighted by molar-refractivity contribution is -0.131. The summed E-state index contributed by atoms with van der Waals surface area (Å²) in [6.07, 6.45) is 1.34. The molecule has 2 rings (SSSR count). The molecule has 2 unspecified atom stereocenters. The Hall–Kier alpha value is -1.79. The minimum atomic E-state index is -0.0773. The molecular formula is C18H27ClN2O4. The van der Waals surface area contributed by atoms with Gasteiger partial charge >= 0.3 is 0 Å². The van der Waals surface area contributed by atoms with E-state index in [0.717, 1.165) is 6.42 Å². The number of benzene rings is 1. The Kier molecular flexibility index (Phi) is 8.19. The fourth-order valence-corrected chi connectivity index (χ4v) is 3.18. The highest BCUT2D eigenvalue weighted by molar-refractivity contribution is 5.98. The van der Waals surface area contributed by atoms with E-state index in [9.17, 15) is 9.59 Å². The molecule has 1 heterocycles. The van der Waals surface area contributed by atoms with Crippen molar-refractivity contribution < 1.29 is 19.1 Å². The SMILES string of the molecule is COc1ccc(C(=O)CCC(=O)N2CC(CN)CC2C)cc1OC.Cl. The molecule has 140 valence electrons. The number of amides is 1. The number of ether oxygens (including phenoxy) is 2. The molecule has 25 heavy (non-hydrogen) atoms. The van der Waals surface area contributed by atoms with E-state index >= 15 is 0 Å². The molecule has 1 aromatic rings. The molecule has 0 aromatic heterocycles. The van der Waals surface area contributed by atoms with Crippen LogP contribution >= 0.6 is 12.4 Å². The Labute approximate surface area is 155 Å². The topological polar surface area (TPSA) is 81.9 Å². The van der Waals surface area contributed by atoms with E-state index in [1.165, 1.54) is 7.11 Å². The summed E-state index contributed by atoms with van der Waals surface area (Å²) < 4.78 is 10.4. The van der Waals surface area contributed by atoms with Crippen LogP contribution in [-0.2, 0) is 4.79 Å². The van der Waals surface area contributed by atoms with Gasteiger partial charge in [-0.25, -0.2) is 0 Å². The van der Waals surface area contributed by atoms with Crippen molar-refractivity contribution in [2.24, 2.45) is 11.7 Å². The second-order valence-corrected chi connectivity index (χ2v) is 6.23. The number of hydrogen-bond acceptors (Lipinski definition) is 5. The summed E-state index contributed by atoms with van der Waals surface area (Å²) in [4.78, 5) is 26.6. The van der Waals surface area contributed by atoms with Gasteiger partial charge < -0.3 is 20.1 Å². The van der Waals surface area contributed by atoms with Crippen LogP contribution in [0.1, 0.15) is 36.5 Å². The Balaban J connectivity index is 0.00000312. The molecule has 1 fully saturated rings. The predicted octanol–water partition coefficient (Wildman–Crippen LogP) is 2.28. The number of Topliss-reactive ketones (excluding diaryl/α,β-unsaturated/α-hetero) is 1. The van der Waals surface area contributed by atoms with Gasteiger partial charge in [-0.2, -0.15) is 0 Å². The van der Waals surface area contributed by atoms with Crippen LogP contribution in [-0.4, -0.2) is 49.9 Å². The highest BCUT2D eigenvalue weighted by Crippen LogP contribution is 2.28. The average Bonchev–Trinajstić information content (AvgIpc) is 2.99. The van der Waals surface area contributed by atoms with E-state index in [-0.39, 0.29) is 43.0 Å². The van der Waals surface area contributed by atoms with E-state index in [1.54, 1.807) is 25.3 Å². The number of nitrogens with two attached hydrogens (primary N) is 1. The summed E-state index contributed by atoms with van der Waals surface area (Å²) in [5, 5.41) is 0. The molecule has 1 aromatic carbocycles. The van der Waals surface area contributed by atoms with E-state index in [4.69, 9.17) is 15.2 Å². The summed E-state index contributed by atoms with van der Waals surface area (Å²) in [7, 11) is 3.07. The average molecular weight is 371 g/mol. The second-order valence-electron chi connectivity index (χ2n) is 6.23. The number of carbonyl (C=O) groups is 2. The van der Waals surface area contributed by atoms with Crippen molar-refractivity contribution in [2.45, 2.75) is 32.2 Å². The van der Waals surface area contributed by atoms with Crippen molar-refractivity contribution >= 4 is 24.1 Å². The van der Waals surface area contributed by atoms with Gasteiger partial charge in [0, 0.05) is 31.0 Å². The Morgan fingerprint density at radius 2 is 1.88 bits per heavy atom. The second kappa shape index (κ2) is 9.63. The quantitative estimate of drug-likeness (QED) is 0.744. The lowest BCUT2D eigenvalue weighted by atomic mass is 10.1. The Morgan fingerprint density at radius 3 is 2.44 bits per heavy atom. The predicted molar refractivity (Wildman–Crippen MR) is 98.7 cm³/mol. The highest BCUT2D eigenvalue weighted by Gasteiger charge is 2.31.